The quantitative estimate of drug-likeness (QED) is 0.668. The third-order valence-corrected chi connectivity index (χ3v) is 3.64. The molecule has 0 radical (unpaired) electrons. The zero-order chi connectivity index (χ0) is 11.5. The molecule has 1 aromatic heterocycles. The maximum Gasteiger partial charge on any atom is 0.0904 e. The van der Waals surface area contributed by atoms with Gasteiger partial charge < -0.3 is 0 Å². The molecule has 0 aliphatic heterocycles. The summed E-state index contributed by atoms with van der Waals surface area (Å²) in [4.78, 5) is 4.21. The fourth-order valence-corrected chi connectivity index (χ4v) is 2.44. The molecule has 84 valence electrons. The minimum absolute atomic E-state index is 0.238. The first-order valence-corrected chi connectivity index (χ1v) is 6.22. The molecule has 0 spiro atoms. The number of hydrogen-bond acceptors (Lipinski definition) is 4. The van der Waals surface area contributed by atoms with Crippen LogP contribution in [0.15, 0.2) is 29.1 Å². The molecule has 1 atom stereocenters. The first-order valence-electron chi connectivity index (χ1n) is 4.52. The van der Waals surface area contributed by atoms with Crippen LogP contribution in [0.25, 0.3) is 0 Å². The van der Waals surface area contributed by atoms with Crippen molar-refractivity contribution < 1.29 is 0 Å². The molecule has 0 aliphatic carbocycles. The maximum atomic E-state index is 6.13. The van der Waals surface area contributed by atoms with Crippen molar-refractivity contribution in [2.45, 2.75) is 6.04 Å². The Morgan fingerprint density at radius 1 is 1.38 bits per heavy atom. The molecule has 0 bridgehead atoms. The highest BCUT2D eigenvalue weighted by molar-refractivity contribution is 7.07. The van der Waals surface area contributed by atoms with Crippen molar-refractivity contribution in [2.75, 3.05) is 0 Å². The van der Waals surface area contributed by atoms with E-state index < -0.39 is 0 Å². The minimum atomic E-state index is -0.238. The predicted octanol–water partition coefficient (Wildman–Crippen LogP) is 3.00. The first-order chi connectivity index (χ1) is 7.74. The Morgan fingerprint density at radius 2 is 2.19 bits per heavy atom. The largest absolute Gasteiger partial charge is 0.271 e. The molecular weight excluding hydrogens is 265 g/mol. The maximum absolute atomic E-state index is 6.13. The van der Waals surface area contributed by atoms with E-state index in [0.717, 1.165) is 11.3 Å². The van der Waals surface area contributed by atoms with Crippen LogP contribution in [-0.4, -0.2) is 4.98 Å². The molecule has 1 unspecified atom stereocenters. The molecule has 0 fully saturated rings. The first kappa shape index (κ1) is 11.8. The van der Waals surface area contributed by atoms with E-state index >= 15 is 0 Å². The Bertz CT molecular complexity index is 473. The molecule has 0 aliphatic rings. The van der Waals surface area contributed by atoms with Gasteiger partial charge in [-0.3, -0.25) is 5.84 Å². The fourth-order valence-electron chi connectivity index (χ4n) is 1.44. The number of aromatic nitrogens is 1. The van der Waals surface area contributed by atoms with Gasteiger partial charge in [0.25, 0.3) is 0 Å². The fraction of sp³-hybridized carbons (Fsp3) is 0.100. The van der Waals surface area contributed by atoms with Crippen LogP contribution >= 0.6 is 34.5 Å². The number of hydrogen-bond donors (Lipinski definition) is 2. The minimum Gasteiger partial charge on any atom is -0.271 e. The summed E-state index contributed by atoms with van der Waals surface area (Å²) in [6.45, 7) is 0. The number of rotatable bonds is 3. The molecule has 0 saturated heterocycles. The Balaban J connectivity index is 2.45. The number of thiazole rings is 1. The van der Waals surface area contributed by atoms with Gasteiger partial charge in [-0.15, -0.1) is 11.3 Å². The van der Waals surface area contributed by atoms with Gasteiger partial charge in [-0.25, -0.2) is 10.4 Å². The van der Waals surface area contributed by atoms with E-state index in [2.05, 4.69) is 10.4 Å². The summed E-state index contributed by atoms with van der Waals surface area (Å²) < 4.78 is 0. The lowest BCUT2D eigenvalue weighted by molar-refractivity contribution is 0.624. The van der Waals surface area contributed by atoms with Crippen LogP contribution < -0.4 is 11.3 Å². The van der Waals surface area contributed by atoms with Gasteiger partial charge in [0.15, 0.2) is 0 Å². The van der Waals surface area contributed by atoms with E-state index in [9.17, 15) is 0 Å². The number of halogens is 2. The second-order valence-electron chi connectivity index (χ2n) is 3.16. The number of nitrogens with one attached hydrogen (secondary N) is 1. The highest BCUT2D eigenvalue weighted by Crippen LogP contribution is 2.32. The van der Waals surface area contributed by atoms with Crippen LogP contribution in [0.3, 0.4) is 0 Å². The van der Waals surface area contributed by atoms with Crippen LogP contribution in [0.4, 0.5) is 0 Å². The van der Waals surface area contributed by atoms with Crippen LogP contribution in [0, 0.1) is 0 Å². The van der Waals surface area contributed by atoms with Crippen molar-refractivity contribution >= 4 is 34.5 Å². The van der Waals surface area contributed by atoms with E-state index in [1.54, 1.807) is 11.6 Å². The Morgan fingerprint density at radius 3 is 2.81 bits per heavy atom. The topological polar surface area (TPSA) is 50.9 Å². The molecule has 2 aromatic rings. The van der Waals surface area contributed by atoms with E-state index in [-0.39, 0.29) is 6.04 Å². The van der Waals surface area contributed by atoms with Gasteiger partial charge in [-0.05, 0) is 11.6 Å². The SMILES string of the molecule is NNC(c1cscn1)c1cccc(Cl)c1Cl. The molecule has 6 heteroatoms. The summed E-state index contributed by atoms with van der Waals surface area (Å²) in [5.41, 5.74) is 6.09. The van der Waals surface area contributed by atoms with Crippen LogP contribution in [0.1, 0.15) is 17.3 Å². The second kappa shape index (κ2) is 5.12. The summed E-state index contributed by atoms with van der Waals surface area (Å²) in [5, 5.41) is 2.93. The monoisotopic (exact) mass is 273 g/mol. The van der Waals surface area contributed by atoms with Crippen LogP contribution in [0.2, 0.25) is 10.0 Å². The van der Waals surface area contributed by atoms with Crippen molar-refractivity contribution in [3.63, 3.8) is 0 Å². The van der Waals surface area contributed by atoms with Gasteiger partial charge in [-0.2, -0.15) is 0 Å². The molecule has 3 nitrogen and oxygen atoms in total. The van der Waals surface area contributed by atoms with E-state index in [4.69, 9.17) is 29.0 Å². The summed E-state index contributed by atoms with van der Waals surface area (Å²) in [7, 11) is 0. The Kier molecular flexibility index (Phi) is 3.78. The molecule has 16 heavy (non-hydrogen) atoms. The molecule has 1 heterocycles. The molecular formula is C10H9Cl2N3S. The van der Waals surface area contributed by atoms with Crippen LogP contribution in [0.5, 0.6) is 0 Å². The average Bonchev–Trinajstić information content (AvgIpc) is 2.79. The normalized spacial score (nSPS) is 12.7. The average molecular weight is 274 g/mol. The molecule has 3 N–H and O–H groups in total. The summed E-state index contributed by atoms with van der Waals surface area (Å²) >= 11 is 13.6. The smallest absolute Gasteiger partial charge is 0.0904 e. The van der Waals surface area contributed by atoms with Gasteiger partial charge in [0.05, 0.1) is 27.3 Å². The lowest BCUT2D eigenvalue weighted by atomic mass is 10.1. The highest BCUT2D eigenvalue weighted by atomic mass is 35.5. The van der Waals surface area contributed by atoms with E-state index in [1.807, 2.05) is 17.5 Å². The number of nitrogens with two attached hydrogens (primary N) is 1. The van der Waals surface area contributed by atoms with Crippen molar-refractivity contribution in [2.24, 2.45) is 5.84 Å². The highest BCUT2D eigenvalue weighted by Gasteiger charge is 2.18. The van der Waals surface area contributed by atoms with Gasteiger partial charge in [0.2, 0.25) is 0 Å². The second-order valence-corrected chi connectivity index (χ2v) is 4.66. The zero-order valence-corrected chi connectivity index (χ0v) is 10.5. The van der Waals surface area contributed by atoms with E-state index in [1.165, 1.54) is 11.3 Å². The van der Waals surface area contributed by atoms with Crippen molar-refractivity contribution in [1.82, 2.24) is 10.4 Å². The molecule has 0 saturated carbocycles. The lowest BCUT2D eigenvalue weighted by Gasteiger charge is -2.16. The summed E-state index contributed by atoms with van der Waals surface area (Å²) in [6.07, 6.45) is 0. The summed E-state index contributed by atoms with van der Waals surface area (Å²) in [6, 6.07) is 5.21. The van der Waals surface area contributed by atoms with Crippen molar-refractivity contribution in [3.05, 3.63) is 50.4 Å². The Labute approximate surface area is 107 Å². The molecule has 0 amide bonds. The molecule has 2 rings (SSSR count). The number of nitrogens with zero attached hydrogens (tertiary/aromatic N) is 1. The number of hydrazine groups is 1. The van der Waals surface area contributed by atoms with E-state index in [0.29, 0.717) is 10.0 Å². The number of benzene rings is 1. The van der Waals surface area contributed by atoms with Crippen molar-refractivity contribution in [1.29, 1.82) is 0 Å². The predicted molar refractivity (Wildman–Crippen MR) is 67.7 cm³/mol. The lowest BCUT2D eigenvalue weighted by Crippen LogP contribution is -2.29. The third-order valence-electron chi connectivity index (χ3n) is 2.21. The van der Waals surface area contributed by atoms with Gasteiger partial charge in [0.1, 0.15) is 0 Å². The Hall–Kier alpha value is -0.650. The third kappa shape index (κ3) is 2.21. The summed E-state index contributed by atoms with van der Waals surface area (Å²) in [5.74, 6) is 5.53. The van der Waals surface area contributed by atoms with Crippen LogP contribution in [-0.2, 0) is 0 Å². The zero-order valence-electron chi connectivity index (χ0n) is 8.15. The van der Waals surface area contributed by atoms with Gasteiger partial charge in [-0.1, -0.05) is 35.3 Å². The molecule has 1 aromatic carbocycles. The van der Waals surface area contributed by atoms with Crippen molar-refractivity contribution in [3.8, 4) is 0 Å². The standard InChI is InChI=1S/C10H9Cl2N3S/c11-7-3-1-2-6(9(7)12)10(15-13)8-4-16-5-14-8/h1-5,10,15H,13H2. The van der Waals surface area contributed by atoms with Gasteiger partial charge in [0, 0.05) is 5.38 Å². The van der Waals surface area contributed by atoms with Gasteiger partial charge >= 0.3 is 0 Å².